The summed E-state index contributed by atoms with van der Waals surface area (Å²) >= 11 is 0. The second-order valence-electron chi connectivity index (χ2n) is 3.72. The maximum Gasteiger partial charge on any atom is 0.206 e. The van der Waals surface area contributed by atoms with E-state index in [0.717, 1.165) is 5.56 Å². The number of nitrogens with two attached hydrogens (primary N) is 1. The molecule has 2 rings (SSSR count). The van der Waals surface area contributed by atoms with Crippen LogP contribution in [0.4, 0.5) is 0 Å². The number of nitrogens with zero attached hydrogens (tertiary/aromatic N) is 1. The summed E-state index contributed by atoms with van der Waals surface area (Å²) in [4.78, 5) is 11.9. The molecule has 5 nitrogen and oxygen atoms in total. The topological polar surface area (TPSA) is 91.3 Å². The van der Waals surface area contributed by atoms with Gasteiger partial charge in [-0.25, -0.2) is 5.43 Å². The van der Waals surface area contributed by atoms with Crippen molar-refractivity contribution in [3.8, 4) is 0 Å². The predicted molar refractivity (Wildman–Crippen MR) is 66.1 cm³/mol. The Bertz CT molecular complexity index is 557. The summed E-state index contributed by atoms with van der Waals surface area (Å²) in [5.74, 6) is -0.236. The van der Waals surface area contributed by atoms with Gasteiger partial charge in [-0.1, -0.05) is 24.3 Å². The molecule has 1 aliphatic rings. The fourth-order valence-electron chi connectivity index (χ4n) is 1.68. The Kier molecular flexibility index (Phi) is 2.74. The lowest BCUT2D eigenvalue weighted by Gasteiger charge is -2.14. The van der Waals surface area contributed by atoms with Gasteiger partial charge in [-0.3, -0.25) is 10.2 Å². The number of allylic oxidation sites excluding steroid dienone is 2. The molecule has 0 aliphatic heterocycles. The number of benzene rings is 1. The average Bonchev–Trinajstić information content (AvgIpc) is 2.32. The normalized spacial score (nSPS) is 16.4. The molecule has 0 saturated carbocycles. The van der Waals surface area contributed by atoms with Crippen molar-refractivity contribution in [1.82, 2.24) is 5.43 Å². The number of rotatable bonds is 1. The van der Waals surface area contributed by atoms with E-state index in [9.17, 15) is 4.79 Å². The molecule has 1 aromatic rings. The van der Waals surface area contributed by atoms with Crippen molar-refractivity contribution in [1.29, 1.82) is 5.41 Å². The third-order valence-corrected chi connectivity index (χ3v) is 2.46. The molecular weight excluding hydrogens is 216 g/mol. The molecule has 0 fully saturated rings. The molecule has 1 aromatic carbocycles. The predicted octanol–water partition coefficient (Wildman–Crippen LogP) is 1.02. The van der Waals surface area contributed by atoms with E-state index in [1.54, 1.807) is 19.1 Å². The van der Waals surface area contributed by atoms with E-state index in [2.05, 4.69) is 10.5 Å². The molecule has 0 atom stereocenters. The number of Topliss-reactive ketones (excluding diaryl/α,β-unsaturated/α-hetero) is 1. The first-order valence-electron chi connectivity index (χ1n) is 5.09. The summed E-state index contributed by atoms with van der Waals surface area (Å²) in [7, 11) is 0. The maximum absolute atomic E-state index is 11.9. The van der Waals surface area contributed by atoms with Crippen molar-refractivity contribution in [3.05, 3.63) is 47.0 Å². The van der Waals surface area contributed by atoms with E-state index in [1.165, 1.54) is 0 Å². The van der Waals surface area contributed by atoms with Crippen molar-refractivity contribution in [2.24, 2.45) is 10.8 Å². The maximum atomic E-state index is 11.9. The zero-order valence-electron chi connectivity index (χ0n) is 9.32. The lowest BCUT2D eigenvalue weighted by Crippen LogP contribution is -2.27. The van der Waals surface area contributed by atoms with Gasteiger partial charge in [-0.2, -0.15) is 5.10 Å². The van der Waals surface area contributed by atoms with Gasteiger partial charge in [0.1, 0.15) is 0 Å². The Hall–Kier alpha value is -2.43. The van der Waals surface area contributed by atoms with Gasteiger partial charge in [-0.05, 0) is 18.6 Å². The van der Waals surface area contributed by atoms with E-state index >= 15 is 0 Å². The minimum absolute atomic E-state index is 0.00220. The molecule has 86 valence electrons. The van der Waals surface area contributed by atoms with Crippen LogP contribution in [0.5, 0.6) is 0 Å². The van der Waals surface area contributed by atoms with Crippen LogP contribution in [0.2, 0.25) is 0 Å². The standard InChI is InChI=1S/C12H12N4O/c1-7-6-10(15-16-12(13)14)8-4-2-3-5-9(8)11(7)17/h2-6H,1H3,(H4,13,14,16)/b15-10-. The number of carbonyl (C=O) groups excluding carboxylic acids is 1. The average molecular weight is 228 g/mol. The molecule has 1 aliphatic carbocycles. The van der Waals surface area contributed by atoms with Crippen LogP contribution in [0, 0.1) is 5.41 Å². The van der Waals surface area contributed by atoms with Gasteiger partial charge in [0.25, 0.3) is 0 Å². The van der Waals surface area contributed by atoms with Crippen LogP contribution in [0.3, 0.4) is 0 Å². The van der Waals surface area contributed by atoms with Crippen molar-refractivity contribution in [3.63, 3.8) is 0 Å². The SMILES string of the molecule is CC1=C/C(=N/NC(=N)N)c2ccccc2C1=O. The minimum Gasteiger partial charge on any atom is -0.369 e. The Balaban J connectivity index is 2.50. The summed E-state index contributed by atoms with van der Waals surface area (Å²) in [5.41, 5.74) is 10.1. The van der Waals surface area contributed by atoms with Gasteiger partial charge in [0, 0.05) is 11.1 Å². The quantitative estimate of drug-likeness (QED) is 0.380. The highest BCUT2D eigenvalue weighted by molar-refractivity contribution is 6.26. The van der Waals surface area contributed by atoms with Crippen LogP contribution in [0.1, 0.15) is 22.8 Å². The molecule has 5 heteroatoms. The van der Waals surface area contributed by atoms with Crippen LogP contribution in [0.15, 0.2) is 41.0 Å². The smallest absolute Gasteiger partial charge is 0.206 e. The Morgan fingerprint density at radius 3 is 2.65 bits per heavy atom. The van der Waals surface area contributed by atoms with E-state index < -0.39 is 0 Å². The summed E-state index contributed by atoms with van der Waals surface area (Å²) in [6.07, 6.45) is 1.68. The highest BCUT2D eigenvalue weighted by atomic mass is 16.1. The second kappa shape index (κ2) is 4.21. The molecule has 17 heavy (non-hydrogen) atoms. The van der Waals surface area contributed by atoms with E-state index in [-0.39, 0.29) is 11.7 Å². The largest absolute Gasteiger partial charge is 0.369 e. The van der Waals surface area contributed by atoms with Crippen molar-refractivity contribution >= 4 is 17.5 Å². The third-order valence-electron chi connectivity index (χ3n) is 2.46. The molecule has 4 N–H and O–H groups in total. The Morgan fingerprint density at radius 1 is 1.35 bits per heavy atom. The molecule has 0 unspecified atom stereocenters. The van der Waals surface area contributed by atoms with E-state index in [1.807, 2.05) is 18.2 Å². The van der Waals surface area contributed by atoms with Gasteiger partial charge in [0.2, 0.25) is 5.96 Å². The molecule has 0 amide bonds. The number of nitrogens with one attached hydrogen (secondary N) is 2. The van der Waals surface area contributed by atoms with Crippen LogP contribution < -0.4 is 11.2 Å². The summed E-state index contributed by atoms with van der Waals surface area (Å²) in [5, 5.41) is 11.1. The van der Waals surface area contributed by atoms with Crippen LogP contribution >= 0.6 is 0 Å². The number of guanidine groups is 1. The highest BCUT2D eigenvalue weighted by Gasteiger charge is 2.21. The van der Waals surface area contributed by atoms with Gasteiger partial charge in [0.05, 0.1) is 5.71 Å². The molecule has 0 heterocycles. The zero-order chi connectivity index (χ0) is 12.4. The third kappa shape index (κ3) is 2.08. The Morgan fingerprint density at radius 2 is 2.00 bits per heavy atom. The summed E-state index contributed by atoms with van der Waals surface area (Å²) in [6, 6.07) is 7.23. The fourth-order valence-corrected chi connectivity index (χ4v) is 1.68. The van der Waals surface area contributed by atoms with Crippen molar-refractivity contribution in [2.75, 3.05) is 0 Å². The van der Waals surface area contributed by atoms with Crippen LogP contribution in [-0.4, -0.2) is 17.5 Å². The molecule has 0 bridgehead atoms. The first kappa shape index (κ1) is 11.1. The van der Waals surface area contributed by atoms with E-state index in [0.29, 0.717) is 16.8 Å². The number of fused-ring (bicyclic) bond motifs is 1. The van der Waals surface area contributed by atoms with Crippen molar-refractivity contribution < 1.29 is 4.79 Å². The second-order valence-corrected chi connectivity index (χ2v) is 3.72. The molecule has 0 aromatic heterocycles. The van der Waals surface area contributed by atoms with Gasteiger partial charge in [-0.15, -0.1) is 0 Å². The molecule has 0 spiro atoms. The lowest BCUT2D eigenvalue weighted by molar-refractivity contribution is 0.103. The summed E-state index contributed by atoms with van der Waals surface area (Å²) < 4.78 is 0. The number of carbonyl (C=O) groups is 1. The number of ketones is 1. The zero-order valence-corrected chi connectivity index (χ0v) is 9.32. The number of hydrogen-bond donors (Lipinski definition) is 3. The van der Waals surface area contributed by atoms with Crippen LogP contribution in [0.25, 0.3) is 0 Å². The van der Waals surface area contributed by atoms with Gasteiger partial charge >= 0.3 is 0 Å². The van der Waals surface area contributed by atoms with Gasteiger partial charge < -0.3 is 5.73 Å². The first-order chi connectivity index (χ1) is 8.09. The molecule has 0 saturated heterocycles. The lowest BCUT2D eigenvalue weighted by atomic mass is 9.90. The van der Waals surface area contributed by atoms with Crippen molar-refractivity contribution in [2.45, 2.75) is 6.92 Å². The molecular formula is C12H12N4O. The Labute approximate surface area is 98.5 Å². The van der Waals surface area contributed by atoms with Crippen LogP contribution in [-0.2, 0) is 0 Å². The van der Waals surface area contributed by atoms with E-state index in [4.69, 9.17) is 11.1 Å². The summed E-state index contributed by atoms with van der Waals surface area (Å²) in [6.45, 7) is 1.74. The van der Waals surface area contributed by atoms with Gasteiger partial charge in [0.15, 0.2) is 5.78 Å². The molecule has 0 radical (unpaired) electrons. The fraction of sp³-hybridized carbons (Fsp3) is 0.0833. The first-order valence-corrected chi connectivity index (χ1v) is 5.09. The number of hydrazone groups is 1. The monoisotopic (exact) mass is 228 g/mol. The minimum atomic E-state index is -0.238. The highest BCUT2D eigenvalue weighted by Crippen LogP contribution is 2.20. The number of hydrogen-bond acceptors (Lipinski definition) is 3.